The average Bonchev–Trinajstić information content (AvgIpc) is 3.35. The number of ketones is 1. The molecule has 1 atom stereocenters. The van der Waals surface area contributed by atoms with Crippen molar-refractivity contribution in [2.75, 3.05) is 13.2 Å². The molecular formula is C21H32N2O4. The molecule has 0 aromatic carbocycles. The number of aromatic amines is 1. The highest BCUT2D eigenvalue weighted by Gasteiger charge is 2.34. The smallest absolute Gasteiger partial charge is 0.355 e. The van der Waals surface area contributed by atoms with Crippen molar-refractivity contribution in [2.45, 2.75) is 66.8 Å². The van der Waals surface area contributed by atoms with Crippen LogP contribution in [0.1, 0.15) is 79.1 Å². The molecule has 1 saturated carbocycles. The van der Waals surface area contributed by atoms with Gasteiger partial charge in [0.15, 0.2) is 5.78 Å². The van der Waals surface area contributed by atoms with Crippen molar-refractivity contribution in [1.29, 1.82) is 0 Å². The molecule has 1 heterocycles. The Bertz CT molecular complexity index is 716. The van der Waals surface area contributed by atoms with Crippen molar-refractivity contribution < 1.29 is 19.1 Å². The summed E-state index contributed by atoms with van der Waals surface area (Å²) in [6.45, 7) is 12.0. The zero-order chi connectivity index (χ0) is 20.3. The number of esters is 1. The molecule has 0 radical (unpaired) electrons. The van der Waals surface area contributed by atoms with Crippen LogP contribution in [0, 0.1) is 25.7 Å². The van der Waals surface area contributed by atoms with Crippen molar-refractivity contribution in [3.63, 3.8) is 0 Å². The molecule has 1 aliphatic rings. The number of amides is 1. The Hall–Kier alpha value is -2.11. The van der Waals surface area contributed by atoms with E-state index in [-0.39, 0.29) is 24.2 Å². The van der Waals surface area contributed by atoms with Gasteiger partial charge < -0.3 is 14.6 Å². The molecule has 0 spiro atoms. The minimum absolute atomic E-state index is 0.0224. The first kappa shape index (κ1) is 21.2. The molecule has 1 N–H and O–H groups in total. The van der Waals surface area contributed by atoms with E-state index in [1.54, 1.807) is 32.6 Å². The van der Waals surface area contributed by atoms with E-state index in [2.05, 4.69) is 4.98 Å². The second-order valence-corrected chi connectivity index (χ2v) is 7.97. The van der Waals surface area contributed by atoms with Crippen LogP contribution in [-0.2, 0) is 9.53 Å². The molecule has 6 heteroatoms. The van der Waals surface area contributed by atoms with E-state index in [0.29, 0.717) is 41.4 Å². The van der Waals surface area contributed by atoms with E-state index in [1.807, 2.05) is 13.8 Å². The molecule has 0 bridgehead atoms. The van der Waals surface area contributed by atoms with E-state index in [4.69, 9.17) is 4.74 Å². The summed E-state index contributed by atoms with van der Waals surface area (Å²) in [5.41, 5.74) is 2.02. The summed E-state index contributed by atoms with van der Waals surface area (Å²) >= 11 is 0. The lowest BCUT2D eigenvalue weighted by atomic mass is 9.98. The summed E-state index contributed by atoms with van der Waals surface area (Å²) in [6, 6.07) is -0.555. The van der Waals surface area contributed by atoms with Crippen LogP contribution in [0.2, 0.25) is 0 Å². The topological polar surface area (TPSA) is 79.5 Å². The summed E-state index contributed by atoms with van der Waals surface area (Å²) in [5.74, 6) is 0.173. The number of carbonyl (C=O) groups is 3. The van der Waals surface area contributed by atoms with Crippen LogP contribution in [-0.4, -0.2) is 46.7 Å². The Balaban J connectivity index is 2.28. The van der Waals surface area contributed by atoms with Gasteiger partial charge in [-0.05, 0) is 57.9 Å². The molecule has 27 heavy (non-hydrogen) atoms. The van der Waals surface area contributed by atoms with Gasteiger partial charge >= 0.3 is 5.97 Å². The van der Waals surface area contributed by atoms with Gasteiger partial charge in [0.05, 0.1) is 12.6 Å². The third-order valence-corrected chi connectivity index (χ3v) is 5.07. The monoisotopic (exact) mass is 376 g/mol. The summed E-state index contributed by atoms with van der Waals surface area (Å²) in [6.07, 6.45) is 2.66. The quantitative estimate of drug-likeness (QED) is 0.527. The molecule has 0 aliphatic heterocycles. The fourth-order valence-corrected chi connectivity index (χ4v) is 3.40. The Morgan fingerprint density at radius 3 is 2.33 bits per heavy atom. The second kappa shape index (κ2) is 8.72. The lowest BCUT2D eigenvalue weighted by Crippen LogP contribution is -2.45. The highest BCUT2D eigenvalue weighted by atomic mass is 16.5. The van der Waals surface area contributed by atoms with Gasteiger partial charge in [-0.3, -0.25) is 9.59 Å². The minimum atomic E-state index is -0.555. The molecule has 6 nitrogen and oxygen atoms in total. The van der Waals surface area contributed by atoms with Crippen LogP contribution in [0.4, 0.5) is 0 Å². The van der Waals surface area contributed by atoms with Gasteiger partial charge in [-0.15, -0.1) is 0 Å². The molecule has 0 unspecified atom stereocenters. The number of nitrogens with one attached hydrogen (secondary N) is 1. The summed E-state index contributed by atoms with van der Waals surface area (Å²) < 4.78 is 5.06. The maximum atomic E-state index is 13.2. The van der Waals surface area contributed by atoms with E-state index < -0.39 is 12.0 Å². The molecule has 1 aromatic rings. The number of carbonyl (C=O) groups excluding carboxylic acids is 3. The predicted octanol–water partition coefficient (Wildman–Crippen LogP) is 3.66. The molecule has 1 amide bonds. The van der Waals surface area contributed by atoms with Gasteiger partial charge in [0.1, 0.15) is 5.69 Å². The highest BCUT2D eigenvalue weighted by molar-refractivity contribution is 6.06. The van der Waals surface area contributed by atoms with Gasteiger partial charge in [-0.2, -0.15) is 0 Å². The van der Waals surface area contributed by atoms with Gasteiger partial charge in [0.25, 0.3) is 0 Å². The second-order valence-electron chi connectivity index (χ2n) is 7.97. The first-order valence-corrected chi connectivity index (χ1v) is 9.87. The molecular weight excluding hydrogens is 344 g/mol. The summed E-state index contributed by atoms with van der Waals surface area (Å²) in [4.78, 5) is 42.8. The minimum Gasteiger partial charge on any atom is -0.461 e. The number of hydrogen-bond acceptors (Lipinski definition) is 4. The van der Waals surface area contributed by atoms with Crippen molar-refractivity contribution in [1.82, 2.24) is 9.88 Å². The van der Waals surface area contributed by atoms with Crippen molar-refractivity contribution in [3.8, 4) is 0 Å². The number of aromatic nitrogens is 1. The van der Waals surface area contributed by atoms with E-state index in [0.717, 1.165) is 12.8 Å². The maximum absolute atomic E-state index is 13.2. The normalized spacial score (nSPS) is 14.9. The van der Waals surface area contributed by atoms with Crippen LogP contribution in [0.5, 0.6) is 0 Å². The number of rotatable bonds is 9. The average molecular weight is 376 g/mol. The lowest BCUT2D eigenvalue weighted by molar-refractivity contribution is -0.133. The number of hydrogen-bond donors (Lipinski definition) is 1. The van der Waals surface area contributed by atoms with Crippen molar-refractivity contribution in [3.05, 3.63) is 22.5 Å². The largest absolute Gasteiger partial charge is 0.461 e. The first-order valence-electron chi connectivity index (χ1n) is 9.87. The maximum Gasteiger partial charge on any atom is 0.355 e. The number of H-pyrrole nitrogens is 1. The Labute approximate surface area is 161 Å². The fourth-order valence-electron chi connectivity index (χ4n) is 3.40. The van der Waals surface area contributed by atoms with E-state index in [1.165, 1.54) is 0 Å². The third-order valence-electron chi connectivity index (χ3n) is 5.07. The van der Waals surface area contributed by atoms with E-state index >= 15 is 0 Å². The Kier molecular flexibility index (Phi) is 6.84. The number of nitrogens with zero attached hydrogens (tertiary/aromatic N) is 1. The van der Waals surface area contributed by atoms with Crippen LogP contribution in [0.25, 0.3) is 0 Å². The third kappa shape index (κ3) is 4.99. The van der Waals surface area contributed by atoms with E-state index in [9.17, 15) is 14.4 Å². The molecule has 1 aliphatic carbocycles. The predicted molar refractivity (Wildman–Crippen MR) is 104 cm³/mol. The van der Waals surface area contributed by atoms with Gasteiger partial charge in [-0.1, -0.05) is 13.8 Å². The van der Waals surface area contributed by atoms with Gasteiger partial charge in [0.2, 0.25) is 5.91 Å². The zero-order valence-electron chi connectivity index (χ0n) is 17.3. The Morgan fingerprint density at radius 2 is 1.81 bits per heavy atom. The van der Waals surface area contributed by atoms with Crippen LogP contribution in [0.15, 0.2) is 0 Å². The standard InChI is InChI=1S/C21H32N2O4/c1-7-27-21(26)19-13(4)18(14(5)22-19)20(25)15(6)23(11-16-8-9-16)17(24)10-12(2)3/h12,15-16,22H,7-11H2,1-6H3/t15-/m1/s1. The molecule has 1 aromatic heterocycles. The molecule has 0 saturated heterocycles. The molecule has 1 fully saturated rings. The number of aryl methyl sites for hydroxylation is 1. The van der Waals surface area contributed by atoms with Crippen LogP contribution >= 0.6 is 0 Å². The number of Topliss-reactive ketones (excluding diaryl/α,β-unsaturated/α-hetero) is 1. The SMILES string of the molecule is CCOC(=O)c1[nH]c(C)c(C(=O)[C@@H](C)N(CC2CC2)C(=O)CC(C)C)c1C. The first-order chi connectivity index (χ1) is 12.7. The van der Waals surface area contributed by atoms with Crippen molar-refractivity contribution >= 4 is 17.7 Å². The summed E-state index contributed by atoms with van der Waals surface area (Å²) in [7, 11) is 0. The lowest BCUT2D eigenvalue weighted by Gasteiger charge is -2.29. The van der Waals surface area contributed by atoms with Crippen molar-refractivity contribution in [2.24, 2.45) is 11.8 Å². The number of ether oxygens (including phenoxy) is 1. The fraction of sp³-hybridized carbons (Fsp3) is 0.667. The highest BCUT2D eigenvalue weighted by Crippen LogP contribution is 2.31. The molecule has 2 rings (SSSR count). The van der Waals surface area contributed by atoms with Gasteiger partial charge in [0, 0.05) is 24.2 Å². The van der Waals surface area contributed by atoms with Crippen LogP contribution in [0.3, 0.4) is 0 Å². The summed E-state index contributed by atoms with van der Waals surface area (Å²) in [5, 5.41) is 0. The molecule has 150 valence electrons. The van der Waals surface area contributed by atoms with Gasteiger partial charge in [-0.25, -0.2) is 4.79 Å². The zero-order valence-corrected chi connectivity index (χ0v) is 17.3. The van der Waals surface area contributed by atoms with Crippen LogP contribution < -0.4 is 0 Å². The Morgan fingerprint density at radius 1 is 1.19 bits per heavy atom.